The zero-order chi connectivity index (χ0) is 15.1. The number of nitrogens with one attached hydrogen (secondary N) is 1. The number of halogens is 1. The Hall–Kier alpha value is -1.56. The summed E-state index contributed by atoms with van der Waals surface area (Å²) in [5, 5.41) is 2.72. The Balaban J connectivity index is 2.55. The first-order chi connectivity index (χ1) is 9.47. The third-order valence-corrected chi connectivity index (χ3v) is 3.36. The molecule has 0 aliphatic rings. The molecule has 0 unspecified atom stereocenters. The van der Waals surface area contributed by atoms with Crippen LogP contribution in [0.4, 0.5) is 0 Å². The van der Waals surface area contributed by atoms with E-state index in [1.165, 1.54) is 7.11 Å². The van der Waals surface area contributed by atoms with Crippen molar-refractivity contribution in [3.8, 4) is 5.75 Å². The third-order valence-electron chi connectivity index (χ3n) is 2.74. The number of rotatable bonds is 6. The van der Waals surface area contributed by atoms with Crippen LogP contribution in [0.5, 0.6) is 5.75 Å². The van der Waals surface area contributed by atoms with E-state index in [0.29, 0.717) is 15.8 Å². The fourth-order valence-corrected chi connectivity index (χ4v) is 1.97. The lowest BCUT2D eigenvalue weighted by Crippen LogP contribution is -2.35. The van der Waals surface area contributed by atoms with Gasteiger partial charge in [-0.3, -0.25) is 4.79 Å². The summed E-state index contributed by atoms with van der Waals surface area (Å²) < 4.78 is 10.7. The quantitative estimate of drug-likeness (QED) is 0.806. The standard InChI is InChI=1S/C14H18BrNO4/c1-4-9(2)16-13(17)8-20-14(18)10-5-6-12(19-3)11(15)7-10/h5-7,9H,4,8H2,1-3H3,(H,16,17)/t9-/m1/s1. The first kappa shape index (κ1) is 16.5. The summed E-state index contributed by atoms with van der Waals surface area (Å²) in [4.78, 5) is 23.3. The molecule has 1 aromatic carbocycles. The molecule has 0 bridgehead atoms. The molecule has 1 N–H and O–H groups in total. The Labute approximate surface area is 126 Å². The van der Waals surface area contributed by atoms with Crippen LogP contribution < -0.4 is 10.1 Å². The van der Waals surface area contributed by atoms with Gasteiger partial charge in [0.2, 0.25) is 0 Å². The topological polar surface area (TPSA) is 64.6 Å². The van der Waals surface area contributed by atoms with Crippen LogP contribution in [-0.2, 0) is 9.53 Å². The summed E-state index contributed by atoms with van der Waals surface area (Å²) in [5.41, 5.74) is 0.356. The normalized spacial score (nSPS) is 11.6. The van der Waals surface area contributed by atoms with Crippen molar-refractivity contribution < 1.29 is 19.1 Å². The first-order valence-electron chi connectivity index (χ1n) is 6.28. The monoisotopic (exact) mass is 343 g/mol. The molecule has 0 radical (unpaired) electrons. The molecular weight excluding hydrogens is 326 g/mol. The maximum absolute atomic E-state index is 11.8. The van der Waals surface area contributed by atoms with E-state index < -0.39 is 5.97 Å². The maximum atomic E-state index is 11.8. The van der Waals surface area contributed by atoms with Crippen LogP contribution in [0.1, 0.15) is 30.6 Å². The van der Waals surface area contributed by atoms with Gasteiger partial charge in [0, 0.05) is 6.04 Å². The molecule has 6 heteroatoms. The number of carbonyl (C=O) groups is 2. The van der Waals surface area contributed by atoms with Crippen LogP contribution in [0.25, 0.3) is 0 Å². The van der Waals surface area contributed by atoms with Crippen LogP contribution in [0.2, 0.25) is 0 Å². The molecule has 0 aromatic heterocycles. The van der Waals surface area contributed by atoms with Crippen LogP contribution in [0.15, 0.2) is 22.7 Å². The highest BCUT2D eigenvalue weighted by molar-refractivity contribution is 9.10. The summed E-state index contributed by atoms with van der Waals surface area (Å²) in [6, 6.07) is 4.89. The number of ether oxygens (including phenoxy) is 2. The largest absolute Gasteiger partial charge is 0.496 e. The molecule has 1 amide bonds. The van der Waals surface area contributed by atoms with E-state index in [2.05, 4.69) is 21.2 Å². The first-order valence-corrected chi connectivity index (χ1v) is 7.07. The Kier molecular flexibility index (Phi) is 6.51. The molecule has 0 heterocycles. The fraction of sp³-hybridized carbons (Fsp3) is 0.429. The van der Waals surface area contributed by atoms with Crippen molar-refractivity contribution in [3.05, 3.63) is 28.2 Å². The van der Waals surface area contributed by atoms with Crippen molar-refractivity contribution in [1.82, 2.24) is 5.32 Å². The Morgan fingerprint density at radius 2 is 2.10 bits per heavy atom. The summed E-state index contributed by atoms with van der Waals surface area (Å²) in [7, 11) is 1.54. The van der Waals surface area contributed by atoms with Crippen LogP contribution in [0, 0.1) is 0 Å². The molecule has 0 aliphatic heterocycles. The summed E-state index contributed by atoms with van der Waals surface area (Å²) >= 11 is 3.29. The molecule has 1 aromatic rings. The molecule has 20 heavy (non-hydrogen) atoms. The average Bonchev–Trinajstić information content (AvgIpc) is 2.44. The van der Waals surface area contributed by atoms with Gasteiger partial charge in [0.05, 0.1) is 17.1 Å². The minimum absolute atomic E-state index is 0.0660. The molecule has 0 saturated heterocycles. The second kappa shape index (κ2) is 7.89. The number of amides is 1. The van der Waals surface area contributed by atoms with E-state index in [1.54, 1.807) is 18.2 Å². The number of hydrogen-bond acceptors (Lipinski definition) is 4. The van der Waals surface area contributed by atoms with Gasteiger partial charge in [-0.15, -0.1) is 0 Å². The van der Waals surface area contributed by atoms with E-state index >= 15 is 0 Å². The molecule has 110 valence electrons. The predicted molar refractivity (Wildman–Crippen MR) is 78.9 cm³/mol. The lowest BCUT2D eigenvalue weighted by atomic mass is 10.2. The fourth-order valence-electron chi connectivity index (χ4n) is 1.43. The van der Waals surface area contributed by atoms with Crippen molar-refractivity contribution in [2.75, 3.05) is 13.7 Å². The second-order valence-electron chi connectivity index (χ2n) is 4.30. The van der Waals surface area contributed by atoms with Crippen molar-refractivity contribution >= 4 is 27.8 Å². The number of methoxy groups -OCH3 is 1. The number of esters is 1. The van der Waals surface area contributed by atoms with Gasteiger partial charge in [0.25, 0.3) is 5.91 Å². The van der Waals surface area contributed by atoms with Crippen LogP contribution in [-0.4, -0.2) is 31.6 Å². The van der Waals surface area contributed by atoms with Gasteiger partial charge in [0.15, 0.2) is 6.61 Å². The van der Waals surface area contributed by atoms with Crippen molar-refractivity contribution in [2.45, 2.75) is 26.3 Å². The Morgan fingerprint density at radius 3 is 2.65 bits per heavy atom. The van der Waals surface area contributed by atoms with Gasteiger partial charge < -0.3 is 14.8 Å². The number of hydrogen-bond donors (Lipinski definition) is 1. The predicted octanol–water partition coefficient (Wildman–Crippen LogP) is 2.53. The van der Waals surface area contributed by atoms with Gasteiger partial charge in [0.1, 0.15) is 5.75 Å². The number of carbonyl (C=O) groups excluding carboxylic acids is 2. The number of benzene rings is 1. The van der Waals surface area contributed by atoms with Gasteiger partial charge >= 0.3 is 5.97 Å². The average molecular weight is 344 g/mol. The van der Waals surface area contributed by atoms with Gasteiger partial charge in [-0.2, -0.15) is 0 Å². The highest BCUT2D eigenvalue weighted by Crippen LogP contribution is 2.25. The highest BCUT2D eigenvalue weighted by atomic mass is 79.9. The van der Waals surface area contributed by atoms with Crippen molar-refractivity contribution in [2.24, 2.45) is 0 Å². The molecule has 5 nitrogen and oxygen atoms in total. The molecule has 0 fully saturated rings. The molecular formula is C14H18BrNO4. The smallest absolute Gasteiger partial charge is 0.338 e. The molecule has 0 saturated carbocycles. The van der Waals surface area contributed by atoms with Gasteiger partial charge in [-0.1, -0.05) is 6.92 Å². The van der Waals surface area contributed by atoms with Crippen molar-refractivity contribution in [1.29, 1.82) is 0 Å². The van der Waals surface area contributed by atoms with Crippen molar-refractivity contribution in [3.63, 3.8) is 0 Å². The maximum Gasteiger partial charge on any atom is 0.338 e. The SMILES string of the molecule is CC[C@@H](C)NC(=O)COC(=O)c1ccc(OC)c(Br)c1. The zero-order valence-corrected chi connectivity index (χ0v) is 13.3. The lowest BCUT2D eigenvalue weighted by molar-refractivity contribution is -0.124. The molecule has 0 aliphatic carbocycles. The van der Waals surface area contributed by atoms with Crippen LogP contribution in [0.3, 0.4) is 0 Å². The lowest BCUT2D eigenvalue weighted by Gasteiger charge is -2.11. The second-order valence-corrected chi connectivity index (χ2v) is 5.16. The molecule has 0 spiro atoms. The third kappa shape index (κ3) is 4.85. The zero-order valence-electron chi connectivity index (χ0n) is 11.7. The van der Waals surface area contributed by atoms with Crippen LogP contribution >= 0.6 is 15.9 Å². The van der Waals surface area contributed by atoms with Gasteiger partial charge in [-0.25, -0.2) is 4.79 Å². The van der Waals surface area contributed by atoms with Gasteiger partial charge in [-0.05, 0) is 47.5 Å². The minimum atomic E-state index is -0.548. The van der Waals surface area contributed by atoms with E-state index in [9.17, 15) is 9.59 Å². The Morgan fingerprint density at radius 1 is 1.40 bits per heavy atom. The minimum Gasteiger partial charge on any atom is -0.496 e. The summed E-state index contributed by atoms with van der Waals surface area (Å²) in [6.45, 7) is 3.57. The van der Waals surface area contributed by atoms with E-state index in [-0.39, 0.29) is 18.6 Å². The highest BCUT2D eigenvalue weighted by Gasteiger charge is 2.13. The molecule has 1 atom stereocenters. The van der Waals surface area contributed by atoms with E-state index in [1.807, 2.05) is 13.8 Å². The summed E-state index contributed by atoms with van der Waals surface area (Å²) in [5.74, 6) is -0.232. The molecule has 1 rings (SSSR count). The van der Waals surface area contributed by atoms with E-state index in [4.69, 9.17) is 9.47 Å². The summed E-state index contributed by atoms with van der Waals surface area (Å²) in [6.07, 6.45) is 0.825. The Bertz CT molecular complexity index is 490. The van der Waals surface area contributed by atoms with E-state index in [0.717, 1.165) is 6.42 Å².